The second-order valence-electron chi connectivity index (χ2n) is 5.94. The molecule has 0 spiro atoms. The number of carbonyl (C=O) groups excluding carboxylic acids is 1. The number of benzene rings is 1. The highest BCUT2D eigenvalue weighted by atomic mass is 16.5. The number of carbonyl (C=O) groups is 1. The first-order valence-corrected chi connectivity index (χ1v) is 7.46. The Morgan fingerprint density at radius 1 is 1.30 bits per heavy atom. The summed E-state index contributed by atoms with van der Waals surface area (Å²) in [6, 6.07) is 6.58. The van der Waals surface area contributed by atoms with Gasteiger partial charge in [-0.1, -0.05) is 26.0 Å². The Bertz CT molecular complexity index is 474. The number of hydrogen-bond donors (Lipinski definition) is 0. The van der Waals surface area contributed by atoms with Crippen LogP contribution >= 0.6 is 0 Å². The fraction of sp³-hybridized carbons (Fsp3) is 0.588. The first-order valence-electron chi connectivity index (χ1n) is 7.46. The lowest BCUT2D eigenvalue weighted by Gasteiger charge is -2.32. The van der Waals surface area contributed by atoms with E-state index in [1.54, 1.807) is 14.0 Å². The molecule has 1 heterocycles. The zero-order chi connectivity index (χ0) is 14.7. The van der Waals surface area contributed by atoms with Crippen molar-refractivity contribution in [2.45, 2.75) is 45.4 Å². The maximum Gasteiger partial charge on any atom is 0.219 e. The predicted octanol–water partition coefficient (Wildman–Crippen LogP) is 3.54. The van der Waals surface area contributed by atoms with Crippen LogP contribution in [0.15, 0.2) is 18.2 Å². The van der Waals surface area contributed by atoms with Gasteiger partial charge in [0.15, 0.2) is 0 Å². The van der Waals surface area contributed by atoms with E-state index in [9.17, 15) is 4.79 Å². The average molecular weight is 275 g/mol. The van der Waals surface area contributed by atoms with Crippen LogP contribution in [-0.2, 0) is 4.79 Å². The molecule has 1 aliphatic rings. The number of amides is 1. The van der Waals surface area contributed by atoms with Gasteiger partial charge in [0.05, 0.1) is 7.11 Å². The molecule has 1 amide bonds. The van der Waals surface area contributed by atoms with E-state index in [2.05, 4.69) is 32.0 Å². The standard InChI is InChI=1S/C17H25NO2/c1-12(2)15-5-6-16(17(11-15)20-4)14-7-9-18(10-8-14)13(3)19/h5-6,11-12,14H,7-10H2,1-4H3. The summed E-state index contributed by atoms with van der Waals surface area (Å²) in [7, 11) is 1.74. The molecule has 0 saturated carbocycles. The Balaban J connectivity index is 2.15. The van der Waals surface area contributed by atoms with Crippen LogP contribution in [0.4, 0.5) is 0 Å². The summed E-state index contributed by atoms with van der Waals surface area (Å²) < 4.78 is 5.58. The highest BCUT2D eigenvalue weighted by Gasteiger charge is 2.24. The number of nitrogens with zero attached hydrogens (tertiary/aromatic N) is 1. The number of likely N-dealkylation sites (tertiary alicyclic amines) is 1. The molecule has 3 heteroatoms. The van der Waals surface area contributed by atoms with Crippen molar-refractivity contribution in [2.75, 3.05) is 20.2 Å². The maximum atomic E-state index is 11.4. The Kier molecular flexibility index (Phi) is 4.69. The van der Waals surface area contributed by atoms with Crippen LogP contribution in [-0.4, -0.2) is 31.0 Å². The summed E-state index contributed by atoms with van der Waals surface area (Å²) >= 11 is 0. The molecule has 1 aliphatic heterocycles. The van der Waals surface area contributed by atoms with Crippen molar-refractivity contribution in [3.05, 3.63) is 29.3 Å². The van der Waals surface area contributed by atoms with Gasteiger partial charge in [-0.3, -0.25) is 4.79 Å². The van der Waals surface area contributed by atoms with Crippen molar-refractivity contribution in [2.24, 2.45) is 0 Å². The summed E-state index contributed by atoms with van der Waals surface area (Å²) in [5.41, 5.74) is 2.60. The lowest BCUT2D eigenvalue weighted by Crippen LogP contribution is -2.36. The molecule has 110 valence electrons. The van der Waals surface area contributed by atoms with E-state index in [0.717, 1.165) is 31.7 Å². The Hall–Kier alpha value is -1.51. The Labute approximate surface area is 121 Å². The van der Waals surface area contributed by atoms with E-state index in [1.807, 2.05) is 4.90 Å². The number of ether oxygens (including phenoxy) is 1. The fourth-order valence-electron chi connectivity index (χ4n) is 2.93. The van der Waals surface area contributed by atoms with E-state index in [0.29, 0.717) is 11.8 Å². The number of hydrogen-bond acceptors (Lipinski definition) is 2. The molecule has 0 radical (unpaired) electrons. The molecule has 1 aromatic carbocycles. The SMILES string of the molecule is COc1cc(C(C)C)ccc1C1CCN(C(C)=O)CC1. The van der Waals surface area contributed by atoms with Gasteiger partial charge in [0, 0.05) is 20.0 Å². The van der Waals surface area contributed by atoms with Gasteiger partial charge in [0.2, 0.25) is 5.91 Å². The van der Waals surface area contributed by atoms with Crippen molar-refractivity contribution in [1.29, 1.82) is 0 Å². The van der Waals surface area contributed by atoms with Crippen molar-refractivity contribution in [3.8, 4) is 5.75 Å². The third-order valence-electron chi connectivity index (χ3n) is 4.30. The normalized spacial score (nSPS) is 16.6. The maximum absolute atomic E-state index is 11.4. The number of piperidine rings is 1. The van der Waals surface area contributed by atoms with Crippen LogP contribution in [0.1, 0.15) is 56.6 Å². The van der Waals surface area contributed by atoms with Crippen molar-refractivity contribution < 1.29 is 9.53 Å². The van der Waals surface area contributed by atoms with Crippen molar-refractivity contribution >= 4 is 5.91 Å². The zero-order valence-corrected chi connectivity index (χ0v) is 13.0. The molecule has 1 aromatic rings. The summed E-state index contributed by atoms with van der Waals surface area (Å²) in [5.74, 6) is 2.20. The van der Waals surface area contributed by atoms with Gasteiger partial charge in [-0.05, 0) is 41.9 Å². The summed E-state index contributed by atoms with van der Waals surface area (Å²) in [5, 5.41) is 0. The van der Waals surface area contributed by atoms with Crippen LogP contribution in [0, 0.1) is 0 Å². The molecular weight excluding hydrogens is 250 g/mol. The molecule has 0 atom stereocenters. The average Bonchev–Trinajstić information content (AvgIpc) is 2.46. The van der Waals surface area contributed by atoms with Gasteiger partial charge >= 0.3 is 0 Å². The molecule has 20 heavy (non-hydrogen) atoms. The minimum atomic E-state index is 0.186. The molecule has 0 N–H and O–H groups in total. The summed E-state index contributed by atoms with van der Waals surface area (Å²) in [4.78, 5) is 13.3. The molecular formula is C17H25NO2. The molecule has 3 nitrogen and oxygen atoms in total. The highest BCUT2D eigenvalue weighted by Crippen LogP contribution is 2.35. The molecule has 0 aliphatic carbocycles. The molecule has 1 fully saturated rings. The molecule has 1 saturated heterocycles. The van der Waals surface area contributed by atoms with E-state index < -0.39 is 0 Å². The van der Waals surface area contributed by atoms with Crippen LogP contribution in [0.3, 0.4) is 0 Å². The third kappa shape index (κ3) is 3.14. The second-order valence-corrected chi connectivity index (χ2v) is 5.94. The topological polar surface area (TPSA) is 29.5 Å². The minimum absolute atomic E-state index is 0.186. The third-order valence-corrected chi connectivity index (χ3v) is 4.30. The first-order chi connectivity index (χ1) is 9.52. The highest BCUT2D eigenvalue weighted by molar-refractivity contribution is 5.73. The second kappa shape index (κ2) is 6.29. The monoisotopic (exact) mass is 275 g/mol. The lowest BCUT2D eigenvalue weighted by molar-refractivity contribution is -0.129. The van der Waals surface area contributed by atoms with Gasteiger partial charge in [0.25, 0.3) is 0 Å². The quantitative estimate of drug-likeness (QED) is 0.844. The van der Waals surface area contributed by atoms with Crippen LogP contribution in [0.25, 0.3) is 0 Å². The van der Waals surface area contributed by atoms with E-state index >= 15 is 0 Å². The van der Waals surface area contributed by atoms with Gasteiger partial charge in [0.1, 0.15) is 5.75 Å². The van der Waals surface area contributed by atoms with Crippen molar-refractivity contribution in [1.82, 2.24) is 4.90 Å². The van der Waals surface area contributed by atoms with E-state index in [-0.39, 0.29) is 5.91 Å². The predicted molar refractivity (Wildman–Crippen MR) is 81.3 cm³/mol. The largest absolute Gasteiger partial charge is 0.496 e. The number of methoxy groups -OCH3 is 1. The number of rotatable bonds is 3. The van der Waals surface area contributed by atoms with Gasteiger partial charge in [-0.2, -0.15) is 0 Å². The van der Waals surface area contributed by atoms with Crippen LogP contribution in [0.5, 0.6) is 5.75 Å². The lowest BCUT2D eigenvalue weighted by atomic mass is 9.87. The van der Waals surface area contributed by atoms with E-state index in [1.165, 1.54) is 11.1 Å². The minimum Gasteiger partial charge on any atom is -0.496 e. The zero-order valence-electron chi connectivity index (χ0n) is 13.0. The summed E-state index contributed by atoms with van der Waals surface area (Å²) in [6.07, 6.45) is 2.05. The van der Waals surface area contributed by atoms with Gasteiger partial charge in [-0.25, -0.2) is 0 Å². The Morgan fingerprint density at radius 2 is 1.95 bits per heavy atom. The van der Waals surface area contributed by atoms with Crippen LogP contribution in [0.2, 0.25) is 0 Å². The fourth-order valence-corrected chi connectivity index (χ4v) is 2.93. The first kappa shape index (κ1) is 14.9. The Morgan fingerprint density at radius 3 is 2.45 bits per heavy atom. The van der Waals surface area contributed by atoms with Crippen molar-refractivity contribution in [3.63, 3.8) is 0 Å². The van der Waals surface area contributed by atoms with E-state index in [4.69, 9.17) is 4.74 Å². The van der Waals surface area contributed by atoms with Crippen LogP contribution < -0.4 is 4.74 Å². The molecule has 2 rings (SSSR count). The smallest absolute Gasteiger partial charge is 0.219 e. The molecule has 0 bridgehead atoms. The molecule has 0 unspecified atom stereocenters. The van der Waals surface area contributed by atoms with Gasteiger partial charge < -0.3 is 9.64 Å². The molecule has 0 aromatic heterocycles. The summed E-state index contributed by atoms with van der Waals surface area (Å²) in [6.45, 7) is 7.75. The van der Waals surface area contributed by atoms with Gasteiger partial charge in [-0.15, -0.1) is 0 Å².